The summed E-state index contributed by atoms with van der Waals surface area (Å²) in [6.45, 7) is -0.233. The molecule has 0 saturated carbocycles. The van der Waals surface area contributed by atoms with Crippen LogP contribution >= 0.6 is 0 Å². The van der Waals surface area contributed by atoms with Crippen LogP contribution in [0.25, 0.3) is 21.9 Å². The van der Waals surface area contributed by atoms with E-state index in [1.165, 1.54) is 17.9 Å². The molecule has 2 heterocycles. The molecule has 0 spiro atoms. The smallest absolute Gasteiger partial charge is 0.328 e. The van der Waals surface area contributed by atoms with Gasteiger partial charge in [0.15, 0.2) is 0 Å². The molecule has 0 bridgehead atoms. The van der Waals surface area contributed by atoms with Crippen LogP contribution in [0.15, 0.2) is 65.7 Å². The molecular formula is C22H20N4O4. The summed E-state index contributed by atoms with van der Waals surface area (Å²) in [5.41, 5.74) is 2.58. The number of carbonyl (C=O) groups excluding carboxylic acids is 2. The van der Waals surface area contributed by atoms with E-state index in [0.717, 1.165) is 16.5 Å². The molecular weight excluding hydrogens is 384 g/mol. The summed E-state index contributed by atoms with van der Waals surface area (Å²) in [6, 6.07) is 13.9. The summed E-state index contributed by atoms with van der Waals surface area (Å²) in [5.74, 6) is -1.02. The molecule has 0 radical (unpaired) electrons. The van der Waals surface area contributed by atoms with E-state index in [4.69, 9.17) is 4.74 Å². The maximum absolute atomic E-state index is 12.7. The average molecular weight is 404 g/mol. The van der Waals surface area contributed by atoms with Gasteiger partial charge in [-0.3, -0.25) is 14.2 Å². The molecule has 8 nitrogen and oxygen atoms in total. The van der Waals surface area contributed by atoms with E-state index >= 15 is 0 Å². The number of hydrogen-bond donors (Lipinski definition) is 2. The maximum atomic E-state index is 12.7. The van der Waals surface area contributed by atoms with Crippen molar-refractivity contribution < 1.29 is 14.3 Å². The number of carbonyl (C=O) groups is 2. The lowest BCUT2D eigenvalue weighted by atomic mass is 10.0. The lowest BCUT2D eigenvalue weighted by Crippen LogP contribution is -2.45. The van der Waals surface area contributed by atoms with E-state index in [0.29, 0.717) is 11.0 Å². The van der Waals surface area contributed by atoms with Crippen molar-refractivity contribution >= 4 is 33.8 Å². The van der Waals surface area contributed by atoms with Crippen LogP contribution in [0.4, 0.5) is 0 Å². The molecule has 2 N–H and O–H groups in total. The SMILES string of the molecule is COC(=O)[C@@H](Cc1c[nH]c2ccccc12)NC(=O)Cn1c(=O)cnc2ccccc21. The number of amides is 1. The first-order valence-corrected chi connectivity index (χ1v) is 9.43. The second-order valence-corrected chi connectivity index (χ2v) is 6.88. The van der Waals surface area contributed by atoms with Crippen molar-refractivity contribution in [2.75, 3.05) is 7.11 Å². The molecule has 0 saturated heterocycles. The van der Waals surface area contributed by atoms with Crippen LogP contribution in [0, 0.1) is 0 Å². The number of benzene rings is 2. The summed E-state index contributed by atoms with van der Waals surface area (Å²) < 4.78 is 6.21. The Bertz CT molecular complexity index is 1290. The highest BCUT2D eigenvalue weighted by molar-refractivity contribution is 5.87. The Balaban J connectivity index is 1.57. The van der Waals surface area contributed by atoms with Gasteiger partial charge in [0.1, 0.15) is 12.6 Å². The number of hydrogen-bond acceptors (Lipinski definition) is 5. The predicted octanol–water partition coefficient (Wildman–Crippen LogP) is 1.78. The third-order valence-electron chi connectivity index (χ3n) is 4.97. The predicted molar refractivity (Wildman–Crippen MR) is 112 cm³/mol. The van der Waals surface area contributed by atoms with Gasteiger partial charge in [0.25, 0.3) is 5.56 Å². The number of para-hydroxylation sites is 3. The van der Waals surface area contributed by atoms with Crippen molar-refractivity contribution in [2.45, 2.75) is 19.0 Å². The molecule has 30 heavy (non-hydrogen) atoms. The van der Waals surface area contributed by atoms with Gasteiger partial charge < -0.3 is 15.0 Å². The third-order valence-corrected chi connectivity index (χ3v) is 4.97. The zero-order chi connectivity index (χ0) is 21.1. The van der Waals surface area contributed by atoms with Crippen LogP contribution in [0.1, 0.15) is 5.56 Å². The largest absolute Gasteiger partial charge is 0.467 e. The van der Waals surface area contributed by atoms with Crippen LogP contribution in [0.2, 0.25) is 0 Å². The summed E-state index contributed by atoms with van der Waals surface area (Å²) in [5, 5.41) is 3.67. The quantitative estimate of drug-likeness (QED) is 0.477. The van der Waals surface area contributed by atoms with Gasteiger partial charge in [-0.1, -0.05) is 30.3 Å². The topological polar surface area (TPSA) is 106 Å². The van der Waals surface area contributed by atoms with Gasteiger partial charge >= 0.3 is 5.97 Å². The van der Waals surface area contributed by atoms with Crippen molar-refractivity contribution in [3.05, 3.63) is 76.8 Å². The van der Waals surface area contributed by atoms with Crippen molar-refractivity contribution in [2.24, 2.45) is 0 Å². The number of methoxy groups -OCH3 is 1. The van der Waals surface area contributed by atoms with E-state index in [1.807, 2.05) is 30.5 Å². The summed E-state index contributed by atoms with van der Waals surface area (Å²) in [6.07, 6.45) is 3.25. The zero-order valence-electron chi connectivity index (χ0n) is 16.3. The van der Waals surface area contributed by atoms with E-state index < -0.39 is 23.5 Å². The van der Waals surface area contributed by atoms with Gasteiger partial charge in [0.05, 0.1) is 24.3 Å². The molecule has 0 fully saturated rings. The first-order chi connectivity index (χ1) is 14.6. The molecule has 1 amide bonds. The van der Waals surface area contributed by atoms with E-state index in [2.05, 4.69) is 15.3 Å². The van der Waals surface area contributed by atoms with E-state index in [-0.39, 0.29) is 13.0 Å². The fourth-order valence-electron chi connectivity index (χ4n) is 3.52. The van der Waals surface area contributed by atoms with Crippen LogP contribution in [-0.2, 0) is 27.3 Å². The van der Waals surface area contributed by atoms with Gasteiger partial charge in [-0.15, -0.1) is 0 Å². The zero-order valence-corrected chi connectivity index (χ0v) is 16.3. The van der Waals surface area contributed by atoms with Crippen LogP contribution in [0.3, 0.4) is 0 Å². The number of fused-ring (bicyclic) bond motifs is 2. The lowest BCUT2D eigenvalue weighted by Gasteiger charge is -2.17. The summed E-state index contributed by atoms with van der Waals surface area (Å²) >= 11 is 0. The minimum Gasteiger partial charge on any atom is -0.467 e. The number of nitrogens with zero attached hydrogens (tertiary/aromatic N) is 2. The Kier molecular flexibility index (Phi) is 5.30. The second kappa shape index (κ2) is 8.20. The monoisotopic (exact) mass is 404 g/mol. The summed E-state index contributed by atoms with van der Waals surface area (Å²) in [7, 11) is 1.28. The minimum absolute atomic E-state index is 0.233. The van der Waals surface area contributed by atoms with Crippen LogP contribution < -0.4 is 10.9 Å². The fourth-order valence-corrected chi connectivity index (χ4v) is 3.52. The molecule has 4 rings (SSSR count). The Hall–Kier alpha value is -3.94. The fraction of sp³-hybridized carbons (Fsp3) is 0.182. The van der Waals surface area contributed by atoms with Gasteiger partial charge in [-0.05, 0) is 23.8 Å². The molecule has 8 heteroatoms. The van der Waals surface area contributed by atoms with Crippen molar-refractivity contribution in [3.63, 3.8) is 0 Å². The molecule has 152 valence electrons. The number of aromatic amines is 1. The number of nitrogens with one attached hydrogen (secondary N) is 2. The number of rotatable bonds is 6. The molecule has 0 aliphatic heterocycles. The maximum Gasteiger partial charge on any atom is 0.328 e. The highest BCUT2D eigenvalue weighted by Gasteiger charge is 2.23. The normalized spacial score (nSPS) is 12.0. The molecule has 0 aliphatic carbocycles. The number of esters is 1. The Morgan fingerprint density at radius 3 is 2.77 bits per heavy atom. The number of aromatic nitrogens is 3. The molecule has 1 atom stereocenters. The molecule has 2 aromatic heterocycles. The van der Waals surface area contributed by atoms with Crippen molar-refractivity contribution in [1.82, 2.24) is 19.9 Å². The highest BCUT2D eigenvalue weighted by Crippen LogP contribution is 2.19. The van der Waals surface area contributed by atoms with Crippen molar-refractivity contribution in [3.8, 4) is 0 Å². The van der Waals surface area contributed by atoms with Gasteiger partial charge in [-0.25, -0.2) is 9.78 Å². The first kappa shape index (κ1) is 19.4. The number of H-pyrrole nitrogens is 1. The molecule has 2 aromatic carbocycles. The Morgan fingerprint density at radius 1 is 1.17 bits per heavy atom. The third kappa shape index (κ3) is 3.80. The van der Waals surface area contributed by atoms with E-state index in [9.17, 15) is 14.4 Å². The first-order valence-electron chi connectivity index (χ1n) is 9.43. The van der Waals surface area contributed by atoms with Gasteiger partial charge in [0, 0.05) is 23.5 Å². The standard InChI is InChI=1S/C22H20N4O4/c1-30-22(29)18(10-14-11-23-16-7-3-2-6-15(14)16)25-20(27)13-26-19-9-5-4-8-17(19)24-12-21(26)28/h2-9,11-12,18,23H,10,13H2,1H3,(H,25,27)/t18-/m1/s1. The number of ether oxygens (including phenoxy) is 1. The van der Waals surface area contributed by atoms with Crippen molar-refractivity contribution in [1.29, 1.82) is 0 Å². The lowest BCUT2D eigenvalue weighted by molar-refractivity contribution is -0.145. The molecule has 4 aromatic rings. The van der Waals surface area contributed by atoms with Crippen LogP contribution in [-0.4, -0.2) is 39.6 Å². The molecule has 0 unspecified atom stereocenters. The summed E-state index contributed by atoms with van der Waals surface area (Å²) in [4.78, 5) is 44.6. The Labute approximate surface area is 171 Å². The van der Waals surface area contributed by atoms with Gasteiger partial charge in [0.2, 0.25) is 5.91 Å². The average Bonchev–Trinajstić information content (AvgIpc) is 3.17. The highest BCUT2D eigenvalue weighted by atomic mass is 16.5. The van der Waals surface area contributed by atoms with Gasteiger partial charge in [-0.2, -0.15) is 0 Å². The van der Waals surface area contributed by atoms with E-state index in [1.54, 1.807) is 24.3 Å². The Morgan fingerprint density at radius 2 is 1.93 bits per heavy atom. The minimum atomic E-state index is -0.884. The second-order valence-electron chi connectivity index (χ2n) is 6.88. The van der Waals surface area contributed by atoms with Crippen LogP contribution in [0.5, 0.6) is 0 Å². The molecule has 0 aliphatic rings.